The second-order valence-electron chi connectivity index (χ2n) is 7.83. The summed E-state index contributed by atoms with van der Waals surface area (Å²) in [6, 6.07) is 2.68. The second kappa shape index (κ2) is 7.02. The van der Waals surface area contributed by atoms with Crippen LogP contribution in [0, 0.1) is 0 Å². The van der Waals surface area contributed by atoms with Crippen LogP contribution in [0.15, 0.2) is 12.1 Å². The first kappa shape index (κ1) is 19.2. The van der Waals surface area contributed by atoms with Gasteiger partial charge in [-0.15, -0.1) is 0 Å². The molecule has 2 atom stereocenters. The highest BCUT2D eigenvalue weighted by molar-refractivity contribution is 5.81. The molecule has 28 heavy (non-hydrogen) atoms. The molecule has 2 fully saturated rings. The molecule has 0 radical (unpaired) electrons. The second-order valence-corrected chi connectivity index (χ2v) is 7.83. The number of ether oxygens (including phenoxy) is 1. The highest BCUT2D eigenvalue weighted by Crippen LogP contribution is 2.33. The number of carbonyl (C=O) groups is 1. The fraction of sp³-hybridized carbons (Fsp3) is 0.632. The standard InChI is InChI=1S/C19H23F3N4O2/c1-11(2)13-8-16(19(20,21)22)26-17(23-13)9-14(24-26)12-5-6-25(10-12)18(27)15-4-3-7-28-15/h8-9,11-12,15H,3-7,10H2,1-2H3/t12-,15+/m0/s1. The molecule has 0 saturated carbocycles. The van der Waals surface area contributed by atoms with Gasteiger partial charge < -0.3 is 9.64 Å². The van der Waals surface area contributed by atoms with Crippen LogP contribution in [0.1, 0.15) is 62.0 Å². The highest BCUT2D eigenvalue weighted by Gasteiger charge is 2.37. The van der Waals surface area contributed by atoms with Gasteiger partial charge in [0.05, 0.1) is 5.69 Å². The SMILES string of the molecule is CC(C)c1cc(C(F)(F)F)n2nc([C@H]3CCN(C(=O)[C@H]4CCCO4)C3)cc2n1. The fourth-order valence-corrected chi connectivity index (χ4v) is 3.89. The molecule has 2 aliphatic rings. The monoisotopic (exact) mass is 396 g/mol. The van der Waals surface area contributed by atoms with Crippen molar-refractivity contribution in [3.8, 4) is 0 Å². The van der Waals surface area contributed by atoms with Gasteiger partial charge >= 0.3 is 6.18 Å². The van der Waals surface area contributed by atoms with Gasteiger partial charge in [-0.3, -0.25) is 4.79 Å². The Morgan fingerprint density at radius 2 is 2.07 bits per heavy atom. The number of alkyl halides is 3. The lowest BCUT2D eigenvalue weighted by atomic mass is 10.1. The van der Waals surface area contributed by atoms with E-state index in [1.807, 2.05) is 13.8 Å². The zero-order chi connectivity index (χ0) is 20.1. The average molecular weight is 396 g/mol. The maximum absolute atomic E-state index is 13.5. The minimum Gasteiger partial charge on any atom is -0.368 e. The van der Waals surface area contributed by atoms with Crippen LogP contribution in [-0.4, -0.2) is 51.2 Å². The number of rotatable bonds is 3. The topological polar surface area (TPSA) is 59.7 Å². The summed E-state index contributed by atoms with van der Waals surface area (Å²) in [5.41, 5.74) is 0.296. The molecule has 4 rings (SSSR count). The van der Waals surface area contributed by atoms with E-state index in [9.17, 15) is 18.0 Å². The quantitative estimate of drug-likeness (QED) is 0.798. The Kier molecular flexibility index (Phi) is 4.81. The van der Waals surface area contributed by atoms with Crippen molar-refractivity contribution in [1.82, 2.24) is 19.5 Å². The van der Waals surface area contributed by atoms with Gasteiger partial charge in [-0.2, -0.15) is 18.3 Å². The van der Waals surface area contributed by atoms with Crippen LogP contribution in [0.3, 0.4) is 0 Å². The van der Waals surface area contributed by atoms with Gasteiger partial charge in [0, 0.05) is 37.4 Å². The number of aromatic nitrogens is 3. The van der Waals surface area contributed by atoms with E-state index in [0.717, 1.165) is 23.4 Å². The Morgan fingerprint density at radius 1 is 1.29 bits per heavy atom. The van der Waals surface area contributed by atoms with Crippen molar-refractivity contribution in [3.05, 3.63) is 29.2 Å². The third-order valence-electron chi connectivity index (χ3n) is 5.47. The number of hydrogen-bond donors (Lipinski definition) is 0. The van der Waals surface area contributed by atoms with Crippen LogP contribution in [0.4, 0.5) is 13.2 Å². The van der Waals surface area contributed by atoms with Crippen molar-refractivity contribution < 1.29 is 22.7 Å². The largest absolute Gasteiger partial charge is 0.433 e. The zero-order valence-corrected chi connectivity index (χ0v) is 15.9. The summed E-state index contributed by atoms with van der Waals surface area (Å²) in [4.78, 5) is 18.6. The maximum Gasteiger partial charge on any atom is 0.433 e. The van der Waals surface area contributed by atoms with Crippen molar-refractivity contribution in [2.75, 3.05) is 19.7 Å². The first-order valence-corrected chi connectivity index (χ1v) is 9.62. The Morgan fingerprint density at radius 3 is 2.71 bits per heavy atom. The van der Waals surface area contributed by atoms with Crippen molar-refractivity contribution in [2.24, 2.45) is 0 Å². The average Bonchev–Trinajstić information content (AvgIpc) is 3.38. The van der Waals surface area contributed by atoms with Crippen LogP contribution in [0.25, 0.3) is 5.65 Å². The number of amides is 1. The van der Waals surface area contributed by atoms with Crippen molar-refractivity contribution in [1.29, 1.82) is 0 Å². The minimum absolute atomic E-state index is 0.0278. The highest BCUT2D eigenvalue weighted by atomic mass is 19.4. The van der Waals surface area contributed by atoms with Gasteiger partial charge in [-0.05, 0) is 31.2 Å². The first-order chi connectivity index (χ1) is 13.2. The molecule has 152 valence electrons. The summed E-state index contributed by atoms with van der Waals surface area (Å²) < 4.78 is 46.9. The first-order valence-electron chi connectivity index (χ1n) is 9.62. The van der Waals surface area contributed by atoms with Gasteiger partial charge in [0.25, 0.3) is 5.91 Å². The Bertz CT molecular complexity index is 887. The van der Waals surface area contributed by atoms with E-state index in [2.05, 4.69) is 10.1 Å². The molecule has 0 bridgehead atoms. The molecular formula is C19H23F3N4O2. The summed E-state index contributed by atoms with van der Waals surface area (Å²) >= 11 is 0. The molecule has 0 spiro atoms. The van der Waals surface area contributed by atoms with Gasteiger partial charge in [0.1, 0.15) is 11.8 Å². The molecule has 2 saturated heterocycles. The molecule has 4 heterocycles. The van der Waals surface area contributed by atoms with Crippen molar-refractivity contribution >= 4 is 11.6 Å². The Labute approximate surface area is 160 Å². The van der Waals surface area contributed by atoms with E-state index in [4.69, 9.17) is 4.74 Å². The lowest BCUT2D eigenvalue weighted by Crippen LogP contribution is -2.37. The smallest absolute Gasteiger partial charge is 0.368 e. The summed E-state index contributed by atoms with van der Waals surface area (Å²) in [7, 11) is 0. The Balaban J connectivity index is 1.62. The van der Waals surface area contributed by atoms with Crippen LogP contribution in [0.5, 0.6) is 0 Å². The third-order valence-corrected chi connectivity index (χ3v) is 5.47. The van der Waals surface area contributed by atoms with Gasteiger partial charge in [-0.1, -0.05) is 13.8 Å². The van der Waals surface area contributed by atoms with Crippen LogP contribution in [0.2, 0.25) is 0 Å². The van der Waals surface area contributed by atoms with Gasteiger partial charge in [-0.25, -0.2) is 9.50 Å². The molecule has 2 aromatic rings. The minimum atomic E-state index is -4.52. The van der Waals surface area contributed by atoms with Crippen molar-refractivity contribution in [3.63, 3.8) is 0 Å². The number of fused-ring (bicyclic) bond motifs is 1. The van der Waals surface area contributed by atoms with E-state index >= 15 is 0 Å². The maximum atomic E-state index is 13.5. The lowest BCUT2D eigenvalue weighted by molar-refractivity contribution is -0.142. The molecule has 6 nitrogen and oxygen atoms in total. The van der Waals surface area contributed by atoms with E-state index in [1.54, 1.807) is 11.0 Å². The third kappa shape index (κ3) is 3.47. The van der Waals surface area contributed by atoms with E-state index < -0.39 is 11.9 Å². The van der Waals surface area contributed by atoms with Gasteiger partial charge in [0.15, 0.2) is 5.65 Å². The molecule has 0 aliphatic carbocycles. The molecule has 1 amide bonds. The number of likely N-dealkylation sites (tertiary alicyclic amines) is 1. The van der Waals surface area contributed by atoms with Crippen LogP contribution < -0.4 is 0 Å². The molecule has 9 heteroatoms. The summed E-state index contributed by atoms with van der Waals surface area (Å²) in [5, 5.41) is 4.22. The van der Waals surface area contributed by atoms with Gasteiger partial charge in [0.2, 0.25) is 0 Å². The number of carbonyl (C=O) groups excluding carboxylic acids is 1. The zero-order valence-electron chi connectivity index (χ0n) is 15.9. The van der Waals surface area contributed by atoms with Crippen LogP contribution >= 0.6 is 0 Å². The van der Waals surface area contributed by atoms with E-state index in [0.29, 0.717) is 37.5 Å². The van der Waals surface area contributed by atoms with E-state index in [1.165, 1.54) is 0 Å². The predicted octanol–water partition coefficient (Wildman–Crippen LogP) is 3.37. The molecule has 0 aromatic carbocycles. The molecular weight excluding hydrogens is 373 g/mol. The molecule has 0 N–H and O–H groups in total. The fourth-order valence-electron chi connectivity index (χ4n) is 3.89. The van der Waals surface area contributed by atoms with Crippen molar-refractivity contribution in [2.45, 2.75) is 57.2 Å². The number of nitrogens with zero attached hydrogens (tertiary/aromatic N) is 4. The lowest BCUT2D eigenvalue weighted by Gasteiger charge is -2.19. The molecule has 2 aliphatic heterocycles. The predicted molar refractivity (Wildman–Crippen MR) is 95.0 cm³/mol. The summed E-state index contributed by atoms with van der Waals surface area (Å²) in [5.74, 6) is -0.258. The summed E-state index contributed by atoms with van der Waals surface area (Å²) in [6.07, 6.45) is -2.63. The Hall–Kier alpha value is -2.16. The summed E-state index contributed by atoms with van der Waals surface area (Å²) in [6.45, 7) is 5.23. The normalized spacial score (nSPS) is 23.3. The van der Waals surface area contributed by atoms with Crippen LogP contribution in [-0.2, 0) is 15.7 Å². The molecule has 2 aromatic heterocycles. The molecule has 0 unspecified atom stereocenters. The number of halogens is 3. The van der Waals surface area contributed by atoms with E-state index in [-0.39, 0.29) is 29.5 Å². The number of hydrogen-bond acceptors (Lipinski definition) is 4.